The second-order valence-corrected chi connectivity index (χ2v) is 5.94. The van der Waals surface area contributed by atoms with Crippen LogP contribution in [0.5, 0.6) is 0 Å². The molecule has 0 amide bonds. The molecular formula is C21H21F2N3. The third-order valence-electron chi connectivity index (χ3n) is 4.18. The molecule has 2 aromatic carbocycles. The van der Waals surface area contributed by atoms with E-state index in [-0.39, 0.29) is 11.6 Å². The Balaban J connectivity index is 1.97. The number of nitriles is 1. The Morgan fingerprint density at radius 2 is 1.88 bits per heavy atom. The van der Waals surface area contributed by atoms with Gasteiger partial charge in [-0.1, -0.05) is 12.1 Å². The van der Waals surface area contributed by atoms with Crippen molar-refractivity contribution in [3.63, 3.8) is 0 Å². The molecule has 0 aliphatic rings. The van der Waals surface area contributed by atoms with Gasteiger partial charge in [0.15, 0.2) is 0 Å². The van der Waals surface area contributed by atoms with Gasteiger partial charge < -0.3 is 10.7 Å². The molecule has 0 radical (unpaired) electrons. The number of aryl methyl sites for hydroxylation is 2. The van der Waals surface area contributed by atoms with Gasteiger partial charge in [0.2, 0.25) is 0 Å². The number of nitrogens with zero attached hydrogens (tertiary/aromatic N) is 1. The van der Waals surface area contributed by atoms with E-state index in [2.05, 4.69) is 5.32 Å². The Kier molecular flexibility index (Phi) is 7.04. The zero-order chi connectivity index (χ0) is 18.9. The maximum absolute atomic E-state index is 14.0. The van der Waals surface area contributed by atoms with Gasteiger partial charge in [0, 0.05) is 24.5 Å². The van der Waals surface area contributed by atoms with Gasteiger partial charge in [0.25, 0.3) is 0 Å². The van der Waals surface area contributed by atoms with E-state index in [1.807, 2.05) is 6.07 Å². The fourth-order valence-electron chi connectivity index (χ4n) is 2.79. The van der Waals surface area contributed by atoms with E-state index in [1.165, 1.54) is 18.2 Å². The van der Waals surface area contributed by atoms with Crippen molar-refractivity contribution in [3.8, 4) is 6.07 Å². The lowest BCUT2D eigenvalue weighted by atomic mass is 10.00. The number of benzene rings is 2. The van der Waals surface area contributed by atoms with Gasteiger partial charge in [0.1, 0.15) is 11.6 Å². The van der Waals surface area contributed by atoms with Crippen LogP contribution in [0.15, 0.2) is 42.5 Å². The van der Waals surface area contributed by atoms with Crippen LogP contribution in [0.25, 0.3) is 5.70 Å². The molecule has 0 heterocycles. The van der Waals surface area contributed by atoms with Gasteiger partial charge in [-0.25, -0.2) is 8.78 Å². The summed E-state index contributed by atoms with van der Waals surface area (Å²) in [5.74, 6) is -0.681. The highest BCUT2D eigenvalue weighted by molar-refractivity contribution is 5.82. The predicted molar refractivity (Wildman–Crippen MR) is 100.0 cm³/mol. The molecule has 0 atom stereocenters. The zero-order valence-electron chi connectivity index (χ0n) is 14.7. The van der Waals surface area contributed by atoms with E-state index < -0.39 is 0 Å². The van der Waals surface area contributed by atoms with Crippen LogP contribution >= 0.6 is 0 Å². The Hall–Kier alpha value is -3.00. The molecule has 2 N–H and O–H groups in total. The zero-order valence-corrected chi connectivity index (χ0v) is 14.7. The van der Waals surface area contributed by atoms with Gasteiger partial charge >= 0.3 is 0 Å². The van der Waals surface area contributed by atoms with Crippen molar-refractivity contribution in [2.45, 2.75) is 25.7 Å². The average Bonchev–Trinajstić information content (AvgIpc) is 2.65. The summed E-state index contributed by atoms with van der Waals surface area (Å²) in [6.45, 7) is 0. The summed E-state index contributed by atoms with van der Waals surface area (Å²) in [6, 6.07) is 11.4. The summed E-state index contributed by atoms with van der Waals surface area (Å²) in [6.07, 6.45) is 5.62. The third kappa shape index (κ3) is 5.00. The van der Waals surface area contributed by atoms with E-state index in [4.69, 9.17) is 10.7 Å². The Bertz CT molecular complexity index is 851. The number of rotatable bonds is 8. The van der Waals surface area contributed by atoms with Crippen molar-refractivity contribution >= 4 is 11.9 Å². The van der Waals surface area contributed by atoms with E-state index in [0.29, 0.717) is 28.8 Å². The van der Waals surface area contributed by atoms with Gasteiger partial charge in [-0.15, -0.1) is 0 Å². The number of halogens is 2. The number of unbranched alkanes of at least 4 members (excludes halogenated alkanes) is 1. The molecule has 0 unspecified atom stereocenters. The van der Waals surface area contributed by atoms with E-state index in [9.17, 15) is 8.78 Å². The van der Waals surface area contributed by atoms with E-state index in [1.54, 1.807) is 31.3 Å². The maximum Gasteiger partial charge on any atom is 0.132 e. The highest BCUT2D eigenvalue weighted by atomic mass is 19.1. The molecule has 0 fully saturated rings. The van der Waals surface area contributed by atoms with Crippen LogP contribution in [0.1, 0.15) is 35.1 Å². The van der Waals surface area contributed by atoms with Gasteiger partial charge in [-0.3, -0.25) is 0 Å². The number of hydrogen-bond donors (Lipinski definition) is 2. The Morgan fingerprint density at radius 1 is 1.12 bits per heavy atom. The normalized spacial score (nSPS) is 11.1. The van der Waals surface area contributed by atoms with Crippen LogP contribution in [0, 0.1) is 28.4 Å². The number of nitrogens with one attached hydrogen (secondary N) is 2. The molecule has 0 saturated carbocycles. The second-order valence-electron chi connectivity index (χ2n) is 5.94. The quantitative estimate of drug-likeness (QED) is 0.538. The first-order valence-corrected chi connectivity index (χ1v) is 8.45. The lowest BCUT2D eigenvalue weighted by Gasteiger charge is -2.10. The molecule has 3 nitrogen and oxygen atoms in total. The molecule has 5 heteroatoms. The SMILES string of the molecule is CN/C(=C\C=N)c1cc(CCCCc2ccc(C#N)cc2F)ccc1F. The molecular weight excluding hydrogens is 332 g/mol. The Labute approximate surface area is 152 Å². The summed E-state index contributed by atoms with van der Waals surface area (Å²) in [5.41, 5.74) is 2.91. The molecule has 0 aliphatic carbocycles. The van der Waals surface area contributed by atoms with E-state index in [0.717, 1.165) is 31.0 Å². The molecule has 2 aromatic rings. The summed E-state index contributed by atoms with van der Waals surface area (Å²) >= 11 is 0. The van der Waals surface area contributed by atoms with Gasteiger partial charge in [-0.05, 0) is 67.2 Å². The Morgan fingerprint density at radius 3 is 2.54 bits per heavy atom. The molecule has 0 saturated heterocycles. The summed E-state index contributed by atoms with van der Waals surface area (Å²) < 4.78 is 27.9. The van der Waals surface area contributed by atoms with Crippen molar-refractivity contribution in [1.82, 2.24) is 5.32 Å². The van der Waals surface area contributed by atoms with Crippen LogP contribution < -0.4 is 5.32 Å². The maximum atomic E-state index is 14.0. The van der Waals surface area contributed by atoms with Crippen molar-refractivity contribution in [1.29, 1.82) is 10.7 Å². The molecule has 2 rings (SSSR count). The van der Waals surface area contributed by atoms with Crippen molar-refractivity contribution < 1.29 is 8.78 Å². The lowest BCUT2D eigenvalue weighted by molar-refractivity contribution is 0.599. The second kappa shape index (κ2) is 9.47. The standard InChI is InChI=1S/C21H21F2N3/c1-26-21(10-11-24)18-12-15(7-9-19(18)22)4-2-3-5-17-8-6-16(14-25)13-20(17)23/h6-13,24,26H,2-5H2,1H3/b21-10-,24-11?. The van der Waals surface area contributed by atoms with Crippen molar-refractivity contribution in [2.75, 3.05) is 7.05 Å². The molecule has 26 heavy (non-hydrogen) atoms. The molecule has 0 aromatic heterocycles. The lowest BCUT2D eigenvalue weighted by Crippen LogP contribution is -2.07. The summed E-state index contributed by atoms with van der Waals surface area (Å²) in [4.78, 5) is 0. The fourth-order valence-corrected chi connectivity index (χ4v) is 2.79. The molecule has 0 spiro atoms. The van der Waals surface area contributed by atoms with Crippen LogP contribution in [-0.4, -0.2) is 13.3 Å². The highest BCUT2D eigenvalue weighted by Gasteiger charge is 2.08. The largest absolute Gasteiger partial charge is 0.388 e. The first-order valence-electron chi connectivity index (χ1n) is 8.45. The first-order chi connectivity index (χ1) is 12.6. The third-order valence-corrected chi connectivity index (χ3v) is 4.18. The molecule has 134 valence electrons. The predicted octanol–water partition coefficient (Wildman–Crippen LogP) is 4.61. The van der Waals surface area contributed by atoms with Crippen LogP contribution in [0.3, 0.4) is 0 Å². The van der Waals surface area contributed by atoms with Crippen molar-refractivity contribution in [3.05, 3.63) is 76.4 Å². The van der Waals surface area contributed by atoms with Gasteiger partial charge in [0.05, 0.1) is 11.6 Å². The fraction of sp³-hybridized carbons (Fsp3) is 0.238. The van der Waals surface area contributed by atoms with Gasteiger partial charge in [-0.2, -0.15) is 5.26 Å². The molecule has 0 aliphatic heterocycles. The average molecular weight is 353 g/mol. The summed E-state index contributed by atoms with van der Waals surface area (Å²) in [7, 11) is 1.69. The topological polar surface area (TPSA) is 59.7 Å². The van der Waals surface area contributed by atoms with Crippen LogP contribution in [0.2, 0.25) is 0 Å². The van der Waals surface area contributed by atoms with E-state index >= 15 is 0 Å². The summed E-state index contributed by atoms with van der Waals surface area (Å²) in [5, 5.41) is 18.8. The minimum Gasteiger partial charge on any atom is -0.388 e. The molecule has 0 bridgehead atoms. The van der Waals surface area contributed by atoms with Crippen LogP contribution in [-0.2, 0) is 12.8 Å². The smallest absolute Gasteiger partial charge is 0.132 e. The monoisotopic (exact) mass is 353 g/mol. The minimum atomic E-state index is -0.344. The van der Waals surface area contributed by atoms with Crippen LogP contribution in [0.4, 0.5) is 8.78 Å². The first kappa shape index (κ1) is 19.3. The number of hydrogen-bond acceptors (Lipinski definition) is 3. The minimum absolute atomic E-state index is 0.323. The highest BCUT2D eigenvalue weighted by Crippen LogP contribution is 2.20. The number of allylic oxidation sites excluding steroid dienone is 1. The van der Waals surface area contributed by atoms with Crippen molar-refractivity contribution in [2.24, 2.45) is 0 Å².